The van der Waals surface area contributed by atoms with E-state index >= 15 is 0 Å². The van der Waals surface area contributed by atoms with E-state index in [1.165, 1.54) is 7.11 Å². The molecule has 1 N–H and O–H groups in total. The second kappa shape index (κ2) is 5.54. The minimum absolute atomic E-state index is 0.0620. The molecule has 0 fully saturated rings. The molecule has 0 saturated heterocycles. The average molecular weight is 246 g/mol. The van der Waals surface area contributed by atoms with Crippen LogP contribution in [0.2, 0.25) is 0 Å². The largest absolute Gasteiger partial charge is 0.495 e. The molecule has 96 valence electrons. The van der Waals surface area contributed by atoms with E-state index in [1.54, 1.807) is 18.2 Å². The maximum Gasteiger partial charge on any atom is 0.230 e. The lowest BCUT2D eigenvalue weighted by molar-refractivity contribution is -0.124. The summed E-state index contributed by atoms with van der Waals surface area (Å²) in [5.41, 5.74) is 0.654. The first-order chi connectivity index (χ1) is 8.44. The SMILES string of the molecule is CCC(C)(C)C(=O)Nc1ccc(C#N)cc1OC. The van der Waals surface area contributed by atoms with Gasteiger partial charge in [0.25, 0.3) is 0 Å². The van der Waals surface area contributed by atoms with E-state index in [1.807, 2.05) is 26.8 Å². The number of hydrogen-bond acceptors (Lipinski definition) is 3. The van der Waals surface area contributed by atoms with E-state index in [0.29, 0.717) is 17.0 Å². The molecule has 0 atom stereocenters. The van der Waals surface area contributed by atoms with Crippen LogP contribution in [0, 0.1) is 16.7 Å². The maximum absolute atomic E-state index is 12.1. The van der Waals surface area contributed by atoms with Crippen LogP contribution in [0.1, 0.15) is 32.8 Å². The predicted molar refractivity (Wildman–Crippen MR) is 70.4 cm³/mol. The zero-order valence-corrected chi connectivity index (χ0v) is 11.2. The number of carbonyl (C=O) groups excluding carboxylic acids is 1. The Morgan fingerprint density at radius 3 is 2.67 bits per heavy atom. The Kier molecular flexibility index (Phi) is 4.33. The monoisotopic (exact) mass is 246 g/mol. The summed E-state index contributed by atoms with van der Waals surface area (Å²) in [6.07, 6.45) is 0.747. The molecule has 0 radical (unpaired) electrons. The minimum Gasteiger partial charge on any atom is -0.495 e. The molecule has 18 heavy (non-hydrogen) atoms. The molecule has 0 aliphatic rings. The van der Waals surface area contributed by atoms with Crippen molar-refractivity contribution in [3.05, 3.63) is 23.8 Å². The van der Waals surface area contributed by atoms with Crippen molar-refractivity contribution in [1.82, 2.24) is 0 Å². The zero-order chi connectivity index (χ0) is 13.8. The third kappa shape index (κ3) is 3.01. The highest BCUT2D eigenvalue weighted by Crippen LogP contribution is 2.28. The summed E-state index contributed by atoms with van der Waals surface area (Å²) < 4.78 is 5.17. The van der Waals surface area contributed by atoms with Crippen molar-refractivity contribution >= 4 is 11.6 Å². The number of nitrogens with zero attached hydrogens (tertiary/aromatic N) is 1. The highest BCUT2D eigenvalue weighted by Gasteiger charge is 2.26. The van der Waals surface area contributed by atoms with Crippen molar-refractivity contribution < 1.29 is 9.53 Å². The Bertz CT molecular complexity index is 487. The molecule has 0 aromatic heterocycles. The van der Waals surface area contributed by atoms with E-state index in [-0.39, 0.29) is 5.91 Å². The molecular weight excluding hydrogens is 228 g/mol. The van der Waals surface area contributed by atoms with Crippen LogP contribution in [0.3, 0.4) is 0 Å². The summed E-state index contributed by atoms with van der Waals surface area (Å²) in [5, 5.41) is 11.6. The molecule has 0 spiro atoms. The molecule has 0 bridgehead atoms. The molecule has 0 heterocycles. The number of amides is 1. The first kappa shape index (κ1) is 14.0. The average Bonchev–Trinajstić information content (AvgIpc) is 2.38. The number of ether oxygens (including phenoxy) is 1. The van der Waals surface area contributed by atoms with Crippen LogP contribution in [0.5, 0.6) is 5.75 Å². The number of nitriles is 1. The van der Waals surface area contributed by atoms with Gasteiger partial charge in [-0.1, -0.05) is 20.8 Å². The Labute approximate surface area is 108 Å². The molecule has 0 aliphatic heterocycles. The highest BCUT2D eigenvalue weighted by molar-refractivity contribution is 5.96. The van der Waals surface area contributed by atoms with Gasteiger partial charge in [0.05, 0.1) is 24.4 Å². The van der Waals surface area contributed by atoms with E-state index < -0.39 is 5.41 Å². The zero-order valence-electron chi connectivity index (χ0n) is 11.2. The van der Waals surface area contributed by atoms with Crippen LogP contribution < -0.4 is 10.1 Å². The Hall–Kier alpha value is -2.02. The molecular formula is C14H18N2O2. The van der Waals surface area contributed by atoms with E-state index in [4.69, 9.17) is 10.00 Å². The topological polar surface area (TPSA) is 62.1 Å². The molecule has 1 aromatic carbocycles. The first-order valence-corrected chi connectivity index (χ1v) is 5.84. The predicted octanol–water partition coefficient (Wildman–Crippen LogP) is 2.94. The number of rotatable bonds is 4. The molecule has 0 saturated carbocycles. The molecule has 1 aromatic rings. The summed E-state index contributed by atoms with van der Waals surface area (Å²) in [5.74, 6) is 0.433. The standard InChI is InChI=1S/C14H18N2O2/c1-5-14(2,3)13(17)16-11-7-6-10(9-15)8-12(11)18-4/h6-8H,5H2,1-4H3,(H,16,17). The Morgan fingerprint density at radius 2 is 2.17 bits per heavy atom. The van der Waals surface area contributed by atoms with Crippen LogP contribution in [-0.2, 0) is 4.79 Å². The second-order valence-electron chi connectivity index (χ2n) is 4.72. The highest BCUT2D eigenvalue weighted by atomic mass is 16.5. The number of anilines is 1. The summed E-state index contributed by atoms with van der Waals surface area (Å²) in [6.45, 7) is 5.74. The number of benzene rings is 1. The smallest absolute Gasteiger partial charge is 0.230 e. The molecule has 0 aliphatic carbocycles. The molecule has 4 heteroatoms. The Morgan fingerprint density at radius 1 is 1.50 bits per heavy atom. The van der Waals surface area contributed by atoms with Crippen LogP contribution >= 0.6 is 0 Å². The number of hydrogen-bond donors (Lipinski definition) is 1. The lowest BCUT2D eigenvalue weighted by Gasteiger charge is -2.22. The van der Waals surface area contributed by atoms with Gasteiger partial charge in [0.15, 0.2) is 0 Å². The third-order valence-electron chi connectivity index (χ3n) is 3.08. The summed E-state index contributed by atoms with van der Waals surface area (Å²) in [4.78, 5) is 12.1. The maximum atomic E-state index is 12.1. The van der Waals surface area contributed by atoms with Crippen molar-refractivity contribution in [1.29, 1.82) is 5.26 Å². The number of methoxy groups -OCH3 is 1. The van der Waals surface area contributed by atoms with Gasteiger partial charge < -0.3 is 10.1 Å². The van der Waals surface area contributed by atoms with Gasteiger partial charge in [-0.2, -0.15) is 5.26 Å². The van der Waals surface area contributed by atoms with Gasteiger partial charge in [0, 0.05) is 11.5 Å². The molecule has 4 nitrogen and oxygen atoms in total. The number of nitrogens with one attached hydrogen (secondary N) is 1. The van der Waals surface area contributed by atoms with Gasteiger partial charge in [-0.05, 0) is 18.6 Å². The van der Waals surface area contributed by atoms with Gasteiger partial charge in [-0.3, -0.25) is 4.79 Å². The van der Waals surface area contributed by atoms with Crippen LogP contribution in [0.4, 0.5) is 5.69 Å². The third-order valence-corrected chi connectivity index (χ3v) is 3.08. The normalized spacial score (nSPS) is 10.6. The summed E-state index contributed by atoms with van der Waals surface area (Å²) >= 11 is 0. The lowest BCUT2D eigenvalue weighted by atomic mass is 9.89. The summed E-state index contributed by atoms with van der Waals surface area (Å²) in [6, 6.07) is 6.97. The van der Waals surface area contributed by atoms with Gasteiger partial charge in [0.2, 0.25) is 5.91 Å². The van der Waals surface area contributed by atoms with Crippen molar-refractivity contribution in [2.24, 2.45) is 5.41 Å². The van der Waals surface area contributed by atoms with Crippen LogP contribution in [0.15, 0.2) is 18.2 Å². The quantitative estimate of drug-likeness (QED) is 0.888. The van der Waals surface area contributed by atoms with Gasteiger partial charge in [-0.25, -0.2) is 0 Å². The molecule has 1 amide bonds. The van der Waals surface area contributed by atoms with E-state index in [0.717, 1.165) is 6.42 Å². The lowest BCUT2D eigenvalue weighted by Crippen LogP contribution is -2.30. The van der Waals surface area contributed by atoms with E-state index in [9.17, 15) is 4.79 Å². The van der Waals surface area contributed by atoms with Crippen LogP contribution in [0.25, 0.3) is 0 Å². The number of carbonyl (C=O) groups is 1. The van der Waals surface area contributed by atoms with Crippen molar-refractivity contribution in [2.45, 2.75) is 27.2 Å². The van der Waals surface area contributed by atoms with Crippen molar-refractivity contribution in [3.63, 3.8) is 0 Å². The van der Waals surface area contributed by atoms with Crippen LogP contribution in [-0.4, -0.2) is 13.0 Å². The summed E-state index contributed by atoms with van der Waals surface area (Å²) in [7, 11) is 1.51. The fraction of sp³-hybridized carbons (Fsp3) is 0.429. The molecule has 1 rings (SSSR count). The fourth-order valence-corrected chi connectivity index (χ4v) is 1.32. The van der Waals surface area contributed by atoms with Gasteiger partial charge >= 0.3 is 0 Å². The van der Waals surface area contributed by atoms with Crippen molar-refractivity contribution in [3.8, 4) is 11.8 Å². The van der Waals surface area contributed by atoms with Gasteiger partial charge in [-0.15, -0.1) is 0 Å². The van der Waals surface area contributed by atoms with Crippen molar-refractivity contribution in [2.75, 3.05) is 12.4 Å². The first-order valence-electron chi connectivity index (χ1n) is 5.84. The molecule has 0 unspecified atom stereocenters. The second-order valence-corrected chi connectivity index (χ2v) is 4.72. The fourth-order valence-electron chi connectivity index (χ4n) is 1.32. The minimum atomic E-state index is -0.432. The van der Waals surface area contributed by atoms with E-state index in [2.05, 4.69) is 5.32 Å². The Balaban J connectivity index is 2.99. The van der Waals surface area contributed by atoms with Gasteiger partial charge in [0.1, 0.15) is 5.75 Å².